The van der Waals surface area contributed by atoms with E-state index in [1.807, 2.05) is 30.3 Å². The van der Waals surface area contributed by atoms with E-state index < -0.39 is 0 Å². The van der Waals surface area contributed by atoms with Crippen LogP contribution >= 0.6 is 12.4 Å². The molecule has 0 spiro atoms. The topological polar surface area (TPSA) is 98.2 Å². The number of halogens is 1. The van der Waals surface area contributed by atoms with Gasteiger partial charge in [-0.2, -0.15) is 0 Å². The average Bonchev–Trinajstić information content (AvgIpc) is 2.48. The van der Waals surface area contributed by atoms with Gasteiger partial charge in [-0.25, -0.2) is 0 Å². The highest BCUT2D eigenvalue weighted by molar-refractivity contribution is 5.85. The molecule has 3 unspecified atom stereocenters. The van der Waals surface area contributed by atoms with E-state index in [0.717, 1.165) is 24.8 Å². The monoisotopic (exact) mass is 325 g/mol. The van der Waals surface area contributed by atoms with Crippen molar-refractivity contribution < 1.29 is 9.59 Å². The van der Waals surface area contributed by atoms with E-state index in [1.165, 1.54) is 0 Å². The minimum Gasteiger partial charge on any atom is -0.369 e. The Morgan fingerprint density at radius 2 is 1.91 bits per heavy atom. The molecule has 6 heteroatoms. The van der Waals surface area contributed by atoms with Crippen LogP contribution in [-0.4, -0.2) is 17.9 Å². The lowest BCUT2D eigenvalue weighted by Crippen LogP contribution is -2.42. The number of amides is 2. The van der Waals surface area contributed by atoms with Gasteiger partial charge in [0.1, 0.15) is 0 Å². The van der Waals surface area contributed by atoms with Gasteiger partial charge in [0.2, 0.25) is 11.8 Å². The second-order valence-corrected chi connectivity index (χ2v) is 5.75. The minimum atomic E-state index is -0.304. The predicted molar refractivity (Wildman–Crippen MR) is 88.3 cm³/mol. The summed E-state index contributed by atoms with van der Waals surface area (Å²) >= 11 is 0. The molecule has 1 aromatic carbocycles. The molecular formula is C16H24ClN3O2. The smallest absolute Gasteiger partial charge is 0.222 e. The number of benzene rings is 1. The number of nitrogens with two attached hydrogens (primary N) is 2. The number of carbonyl (C=O) groups excluding carboxylic acids is 2. The summed E-state index contributed by atoms with van der Waals surface area (Å²) in [6.07, 6.45) is 3.54. The normalized spacial score (nSPS) is 22.2. The number of primary amides is 1. The first-order chi connectivity index (χ1) is 10.1. The van der Waals surface area contributed by atoms with E-state index in [4.69, 9.17) is 11.5 Å². The first-order valence-electron chi connectivity index (χ1n) is 7.45. The van der Waals surface area contributed by atoms with Crippen molar-refractivity contribution in [2.24, 2.45) is 17.4 Å². The lowest BCUT2D eigenvalue weighted by Gasteiger charge is -2.28. The van der Waals surface area contributed by atoms with Crippen molar-refractivity contribution in [1.29, 1.82) is 0 Å². The van der Waals surface area contributed by atoms with Crippen LogP contribution in [0.4, 0.5) is 0 Å². The molecule has 1 aromatic rings. The Balaban J connectivity index is 0.00000242. The third kappa shape index (κ3) is 5.31. The second kappa shape index (κ2) is 8.76. The highest BCUT2D eigenvalue weighted by atomic mass is 35.5. The van der Waals surface area contributed by atoms with Crippen LogP contribution in [0.3, 0.4) is 0 Å². The van der Waals surface area contributed by atoms with Gasteiger partial charge in [-0.1, -0.05) is 36.8 Å². The fourth-order valence-electron chi connectivity index (χ4n) is 2.88. The van der Waals surface area contributed by atoms with Gasteiger partial charge in [-0.05, 0) is 24.8 Å². The first kappa shape index (κ1) is 18.5. The second-order valence-electron chi connectivity index (χ2n) is 5.75. The summed E-state index contributed by atoms with van der Waals surface area (Å²) in [5, 5.41) is 2.98. The first-order valence-corrected chi connectivity index (χ1v) is 7.45. The summed E-state index contributed by atoms with van der Waals surface area (Å²) in [6.45, 7) is 0. The van der Waals surface area contributed by atoms with E-state index in [2.05, 4.69) is 5.32 Å². The number of rotatable bonds is 5. The fourth-order valence-corrected chi connectivity index (χ4v) is 2.88. The molecule has 1 aliphatic rings. The number of hydrogen-bond donors (Lipinski definition) is 3. The zero-order valence-corrected chi connectivity index (χ0v) is 13.4. The van der Waals surface area contributed by atoms with Gasteiger partial charge < -0.3 is 16.8 Å². The molecule has 1 saturated carbocycles. The van der Waals surface area contributed by atoms with Gasteiger partial charge in [-0.15, -0.1) is 12.4 Å². The molecule has 5 nitrogen and oxygen atoms in total. The van der Waals surface area contributed by atoms with Gasteiger partial charge in [0, 0.05) is 24.4 Å². The Morgan fingerprint density at radius 1 is 1.23 bits per heavy atom. The molecule has 1 fully saturated rings. The van der Waals surface area contributed by atoms with Crippen LogP contribution < -0.4 is 16.8 Å². The standard InChI is InChI=1S/C16H23N3O2.ClH/c17-14(11-5-2-1-3-6-11)10-15(20)19-13-8-4-7-12(9-13)16(18)21;/h1-3,5-6,12-14H,4,7-10,17H2,(H2,18,21)(H,19,20);1H. The Labute approximate surface area is 137 Å². The van der Waals surface area contributed by atoms with Crippen LogP contribution in [0.2, 0.25) is 0 Å². The van der Waals surface area contributed by atoms with Crippen molar-refractivity contribution in [3.63, 3.8) is 0 Å². The van der Waals surface area contributed by atoms with E-state index in [0.29, 0.717) is 6.42 Å². The lowest BCUT2D eigenvalue weighted by atomic mass is 9.85. The van der Waals surface area contributed by atoms with Crippen LogP contribution in [0.1, 0.15) is 43.7 Å². The molecule has 2 rings (SSSR count). The van der Waals surface area contributed by atoms with Gasteiger partial charge >= 0.3 is 0 Å². The zero-order valence-electron chi connectivity index (χ0n) is 12.5. The van der Waals surface area contributed by atoms with Gasteiger partial charge in [-0.3, -0.25) is 9.59 Å². The third-order valence-corrected chi connectivity index (χ3v) is 4.07. The zero-order chi connectivity index (χ0) is 15.2. The van der Waals surface area contributed by atoms with Gasteiger partial charge in [0.05, 0.1) is 0 Å². The van der Waals surface area contributed by atoms with Crippen LogP contribution in [0.15, 0.2) is 30.3 Å². The molecule has 0 heterocycles. The molecule has 1 aliphatic carbocycles. The van der Waals surface area contributed by atoms with Crippen molar-refractivity contribution in [1.82, 2.24) is 5.32 Å². The predicted octanol–water partition coefficient (Wildman–Crippen LogP) is 1.66. The molecule has 122 valence electrons. The van der Waals surface area contributed by atoms with Crippen molar-refractivity contribution in [2.45, 2.75) is 44.2 Å². The maximum atomic E-state index is 12.1. The van der Waals surface area contributed by atoms with Crippen LogP contribution in [0.5, 0.6) is 0 Å². The molecule has 0 bridgehead atoms. The largest absolute Gasteiger partial charge is 0.369 e. The minimum absolute atomic E-state index is 0. The summed E-state index contributed by atoms with van der Waals surface area (Å²) in [5.41, 5.74) is 12.3. The van der Waals surface area contributed by atoms with Crippen LogP contribution in [0, 0.1) is 5.92 Å². The molecular weight excluding hydrogens is 302 g/mol. The van der Waals surface area contributed by atoms with Crippen molar-refractivity contribution in [2.75, 3.05) is 0 Å². The Kier molecular flexibility index (Phi) is 7.35. The van der Waals surface area contributed by atoms with Gasteiger partial charge in [0.25, 0.3) is 0 Å². The number of carbonyl (C=O) groups is 2. The quantitative estimate of drug-likeness (QED) is 0.767. The highest BCUT2D eigenvalue weighted by Gasteiger charge is 2.26. The Morgan fingerprint density at radius 3 is 2.55 bits per heavy atom. The Bertz CT molecular complexity index is 495. The van der Waals surface area contributed by atoms with Crippen LogP contribution in [-0.2, 0) is 9.59 Å². The molecule has 5 N–H and O–H groups in total. The Hall–Kier alpha value is -1.59. The molecule has 0 saturated heterocycles. The molecule has 22 heavy (non-hydrogen) atoms. The van der Waals surface area contributed by atoms with E-state index in [9.17, 15) is 9.59 Å². The molecule has 0 radical (unpaired) electrons. The van der Waals surface area contributed by atoms with Crippen LogP contribution in [0.25, 0.3) is 0 Å². The molecule has 2 amide bonds. The van der Waals surface area contributed by atoms with Crippen molar-refractivity contribution >= 4 is 24.2 Å². The molecule has 0 aromatic heterocycles. The summed E-state index contributed by atoms with van der Waals surface area (Å²) in [7, 11) is 0. The summed E-state index contributed by atoms with van der Waals surface area (Å²) in [4.78, 5) is 23.3. The SMILES string of the molecule is Cl.NC(=O)C1CCCC(NC(=O)CC(N)c2ccccc2)C1. The average molecular weight is 326 g/mol. The van der Waals surface area contributed by atoms with E-state index in [-0.39, 0.29) is 48.6 Å². The summed E-state index contributed by atoms with van der Waals surface area (Å²) in [5.74, 6) is -0.455. The fraction of sp³-hybridized carbons (Fsp3) is 0.500. The maximum absolute atomic E-state index is 12.1. The number of nitrogens with one attached hydrogen (secondary N) is 1. The molecule has 3 atom stereocenters. The van der Waals surface area contributed by atoms with Crippen molar-refractivity contribution in [3.05, 3.63) is 35.9 Å². The van der Waals surface area contributed by atoms with E-state index in [1.54, 1.807) is 0 Å². The molecule has 0 aliphatic heterocycles. The third-order valence-electron chi connectivity index (χ3n) is 4.07. The van der Waals surface area contributed by atoms with Gasteiger partial charge in [0.15, 0.2) is 0 Å². The summed E-state index contributed by atoms with van der Waals surface area (Å²) < 4.78 is 0. The number of hydrogen-bond acceptors (Lipinski definition) is 3. The summed E-state index contributed by atoms with van der Waals surface area (Å²) in [6, 6.07) is 9.30. The van der Waals surface area contributed by atoms with Crippen molar-refractivity contribution in [3.8, 4) is 0 Å². The lowest BCUT2D eigenvalue weighted by molar-refractivity contribution is -0.125. The van der Waals surface area contributed by atoms with E-state index >= 15 is 0 Å². The maximum Gasteiger partial charge on any atom is 0.222 e. The highest BCUT2D eigenvalue weighted by Crippen LogP contribution is 2.24.